The number of nitrogens with zero attached hydrogens (tertiary/aromatic N) is 3. The Balaban J connectivity index is 1.59. The molecule has 0 aromatic carbocycles. The number of thiazole rings is 1. The Morgan fingerprint density at radius 3 is 2.52 bits per heavy atom. The van der Waals surface area contributed by atoms with Crippen LogP contribution in [0.4, 0.5) is 5.13 Å². The molecule has 1 saturated carbocycles. The zero-order chi connectivity index (χ0) is 17.8. The first kappa shape index (κ1) is 18.2. The van der Waals surface area contributed by atoms with Crippen molar-refractivity contribution in [3.05, 3.63) is 11.1 Å². The number of hydrogen-bond donors (Lipinski definition) is 1. The second kappa shape index (κ2) is 8.17. The molecule has 3 rings (SSSR count). The third kappa shape index (κ3) is 4.32. The van der Waals surface area contributed by atoms with Gasteiger partial charge in [-0.1, -0.05) is 12.8 Å². The van der Waals surface area contributed by atoms with Crippen molar-refractivity contribution in [1.82, 2.24) is 15.2 Å². The van der Waals surface area contributed by atoms with Gasteiger partial charge in [0.05, 0.1) is 12.2 Å². The number of carbonyl (C=O) groups excluding carboxylic acids is 2. The molecule has 138 valence electrons. The molecule has 2 heterocycles. The van der Waals surface area contributed by atoms with E-state index in [0.29, 0.717) is 6.54 Å². The molecule has 0 bridgehead atoms. The standard InChI is InChI=1S/C18H28N4O2S/c1-21(2)18-20-13(12-25-18)11-19-16(23)14-7-3-4-8-15(14)17(24)22-9-5-6-10-22/h12,14-15H,3-11H2,1-2H3,(H,19,23)/t14-,15+/m1/s1. The molecule has 2 fully saturated rings. The van der Waals surface area contributed by atoms with Crippen molar-refractivity contribution in [1.29, 1.82) is 0 Å². The second-order valence-electron chi connectivity index (χ2n) is 7.26. The van der Waals surface area contributed by atoms with Gasteiger partial charge in [0, 0.05) is 44.4 Å². The molecule has 2 atom stereocenters. The molecular weight excluding hydrogens is 336 g/mol. The van der Waals surface area contributed by atoms with Gasteiger partial charge in [-0.25, -0.2) is 4.98 Å². The first-order valence-electron chi connectivity index (χ1n) is 9.24. The van der Waals surface area contributed by atoms with Crippen LogP contribution in [0.5, 0.6) is 0 Å². The lowest BCUT2D eigenvalue weighted by Crippen LogP contribution is -2.44. The number of hydrogen-bond acceptors (Lipinski definition) is 5. The van der Waals surface area contributed by atoms with Gasteiger partial charge in [0.25, 0.3) is 0 Å². The third-order valence-corrected chi connectivity index (χ3v) is 6.26. The first-order valence-corrected chi connectivity index (χ1v) is 10.1. The zero-order valence-corrected chi connectivity index (χ0v) is 16.0. The number of amides is 2. The molecule has 2 aliphatic rings. The van der Waals surface area contributed by atoms with Crippen molar-refractivity contribution in [2.24, 2.45) is 11.8 Å². The van der Waals surface area contributed by atoms with E-state index in [1.165, 1.54) is 0 Å². The number of nitrogens with one attached hydrogen (secondary N) is 1. The minimum atomic E-state index is -0.186. The molecule has 1 aromatic heterocycles. The first-order chi connectivity index (χ1) is 12.1. The average Bonchev–Trinajstić information content (AvgIpc) is 3.30. The summed E-state index contributed by atoms with van der Waals surface area (Å²) in [6.07, 6.45) is 5.92. The minimum Gasteiger partial charge on any atom is -0.354 e. The maximum atomic E-state index is 12.8. The summed E-state index contributed by atoms with van der Waals surface area (Å²) in [5.74, 6) is -0.119. The second-order valence-corrected chi connectivity index (χ2v) is 8.10. The molecule has 0 radical (unpaired) electrons. The van der Waals surface area contributed by atoms with Crippen molar-refractivity contribution in [3.8, 4) is 0 Å². The highest BCUT2D eigenvalue weighted by molar-refractivity contribution is 7.13. The fraction of sp³-hybridized carbons (Fsp3) is 0.722. The minimum absolute atomic E-state index is 0.0108. The van der Waals surface area contributed by atoms with Gasteiger partial charge in [0.15, 0.2) is 5.13 Å². The highest BCUT2D eigenvalue weighted by Gasteiger charge is 2.38. The van der Waals surface area contributed by atoms with Crippen LogP contribution < -0.4 is 10.2 Å². The van der Waals surface area contributed by atoms with E-state index < -0.39 is 0 Å². The molecule has 7 heteroatoms. The highest BCUT2D eigenvalue weighted by atomic mass is 32.1. The Bertz CT molecular complexity index is 610. The number of aromatic nitrogens is 1. The maximum absolute atomic E-state index is 12.8. The van der Waals surface area contributed by atoms with Gasteiger partial charge >= 0.3 is 0 Å². The summed E-state index contributed by atoms with van der Waals surface area (Å²) < 4.78 is 0. The van der Waals surface area contributed by atoms with Crippen molar-refractivity contribution < 1.29 is 9.59 Å². The van der Waals surface area contributed by atoms with Crippen molar-refractivity contribution >= 4 is 28.3 Å². The number of rotatable bonds is 5. The topological polar surface area (TPSA) is 65.5 Å². The Morgan fingerprint density at radius 2 is 1.88 bits per heavy atom. The van der Waals surface area contributed by atoms with E-state index >= 15 is 0 Å². The van der Waals surface area contributed by atoms with E-state index in [-0.39, 0.29) is 23.7 Å². The van der Waals surface area contributed by atoms with Crippen LogP contribution >= 0.6 is 11.3 Å². The van der Waals surface area contributed by atoms with Gasteiger partial charge in [0.2, 0.25) is 11.8 Å². The SMILES string of the molecule is CN(C)c1nc(CNC(=O)[C@@H]2CCCC[C@@H]2C(=O)N2CCCC2)cs1. The molecule has 25 heavy (non-hydrogen) atoms. The van der Waals surface area contributed by atoms with Crippen LogP contribution in [0.1, 0.15) is 44.2 Å². The predicted molar refractivity (Wildman–Crippen MR) is 99.5 cm³/mol. The molecule has 2 amide bonds. The predicted octanol–water partition coefficient (Wildman–Crippen LogP) is 2.25. The fourth-order valence-electron chi connectivity index (χ4n) is 3.80. The summed E-state index contributed by atoms with van der Waals surface area (Å²) in [6.45, 7) is 2.15. The van der Waals surface area contributed by atoms with Crippen LogP contribution in [0.3, 0.4) is 0 Å². The molecule has 6 nitrogen and oxygen atoms in total. The van der Waals surface area contributed by atoms with E-state index in [1.807, 2.05) is 29.3 Å². The van der Waals surface area contributed by atoms with Crippen LogP contribution in [-0.2, 0) is 16.1 Å². The largest absolute Gasteiger partial charge is 0.354 e. The third-order valence-electron chi connectivity index (χ3n) is 5.20. The normalized spacial score (nSPS) is 23.5. The molecule has 1 saturated heterocycles. The van der Waals surface area contributed by atoms with E-state index in [2.05, 4.69) is 10.3 Å². The molecule has 1 aliphatic carbocycles. The Hall–Kier alpha value is -1.63. The lowest BCUT2D eigenvalue weighted by Gasteiger charge is -2.32. The monoisotopic (exact) mass is 364 g/mol. The van der Waals surface area contributed by atoms with Crippen molar-refractivity contribution in [2.45, 2.75) is 45.1 Å². The molecular formula is C18H28N4O2S. The maximum Gasteiger partial charge on any atom is 0.226 e. The fourth-order valence-corrected chi connectivity index (χ4v) is 4.56. The van der Waals surface area contributed by atoms with Gasteiger partial charge in [-0.05, 0) is 25.7 Å². The van der Waals surface area contributed by atoms with Crippen LogP contribution in [0.2, 0.25) is 0 Å². The Labute approximate surface area is 153 Å². The van der Waals surface area contributed by atoms with Crippen LogP contribution in [-0.4, -0.2) is 48.9 Å². The summed E-state index contributed by atoms with van der Waals surface area (Å²) in [5.41, 5.74) is 0.875. The molecule has 0 spiro atoms. The highest BCUT2D eigenvalue weighted by Crippen LogP contribution is 2.32. The van der Waals surface area contributed by atoms with Crippen LogP contribution in [0.25, 0.3) is 0 Å². The lowest BCUT2D eigenvalue weighted by atomic mass is 9.78. The van der Waals surface area contributed by atoms with Gasteiger partial charge in [-0.3, -0.25) is 9.59 Å². The smallest absolute Gasteiger partial charge is 0.226 e. The van der Waals surface area contributed by atoms with Crippen molar-refractivity contribution in [2.75, 3.05) is 32.1 Å². The van der Waals surface area contributed by atoms with E-state index in [0.717, 1.165) is 62.4 Å². The zero-order valence-electron chi connectivity index (χ0n) is 15.2. The van der Waals surface area contributed by atoms with E-state index in [4.69, 9.17) is 0 Å². The summed E-state index contributed by atoms with van der Waals surface area (Å²) in [6, 6.07) is 0. The number of anilines is 1. The average molecular weight is 365 g/mol. The van der Waals surface area contributed by atoms with Crippen LogP contribution in [0.15, 0.2) is 5.38 Å². The molecule has 1 aromatic rings. The van der Waals surface area contributed by atoms with Gasteiger partial charge in [0.1, 0.15) is 0 Å². The van der Waals surface area contributed by atoms with Gasteiger partial charge < -0.3 is 15.1 Å². The van der Waals surface area contributed by atoms with Gasteiger partial charge in [-0.2, -0.15) is 0 Å². The van der Waals surface area contributed by atoms with E-state index in [9.17, 15) is 9.59 Å². The molecule has 1 aliphatic heterocycles. The Kier molecular flexibility index (Phi) is 5.93. The van der Waals surface area contributed by atoms with E-state index in [1.54, 1.807) is 11.3 Å². The summed E-state index contributed by atoms with van der Waals surface area (Å²) in [5, 5.41) is 5.92. The summed E-state index contributed by atoms with van der Waals surface area (Å²) >= 11 is 1.57. The lowest BCUT2D eigenvalue weighted by molar-refractivity contribution is -0.142. The number of likely N-dealkylation sites (tertiary alicyclic amines) is 1. The summed E-state index contributed by atoms with van der Waals surface area (Å²) in [7, 11) is 3.91. The summed E-state index contributed by atoms with van der Waals surface area (Å²) in [4.78, 5) is 33.9. The number of carbonyl (C=O) groups is 2. The quantitative estimate of drug-likeness (QED) is 0.870. The Morgan fingerprint density at radius 1 is 1.20 bits per heavy atom. The van der Waals surface area contributed by atoms with Crippen molar-refractivity contribution in [3.63, 3.8) is 0 Å². The van der Waals surface area contributed by atoms with Gasteiger partial charge in [-0.15, -0.1) is 11.3 Å². The van der Waals surface area contributed by atoms with Crippen LogP contribution in [0, 0.1) is 11.8 Å². The molecule has 0 unspecified atom stereocenters. The molecule has 1 N–H and O–H groups in total.